The van der Waals surface area contributed by atoms with E-state index in [1.54, 1.807) is 6.07 Å². The summed E-state index contributed by atoms with van der Waals surface area (Å²) in [6.45, 7) is 0.582. The van der Waals surface area contributed by atoms with Crippen LogP contribution in [0.2, 0.25) is 0 Å². The van der Waals surface area contributed by atoms with Crippen molar-refractivity contribution in [3.05, 3.63) is 69.9 Å². The molecule has 0 aromatic heterocycles. The molecule has 2 aromatic rings. The molecule has 4 heteroatoms. The standard InChI is InChI=1S/C18H17BrFNO/c19-16-8-7-14(20)11-15(16)17(22)21-12-18(9-4-10-18)13-5-2-1-3-6-13/h1-3,5-8,11H,4,9-10,12H2,(H,21,22). The molecular formula is C18H17BrFNO. The van der Waals surface area contributed by atoms with E-state index in [0.717, 1.165) is 12.8 Å². The third kappa shape index (κ3) is 2.93. The van der Waals surface area contributed by atoms with Gasteiger partial charge in [-0.2, -0.15) is 0 Å². The molecule has 0 saturated heterocycles. The van der Waals surface area contributed by atoms with Crippen molar-refractivity contribution < 1.29 is 9.18 Å². The SMILES string of the molecule is O=C(NCC1(c2ccccc2)CCC1)c1cc(F)ccc1Br. The van der Waals surface area contributed by atoms with Crippen molar-refractivity contribution in [2.45, 2.75) is 24.7 Å². The second-order valence-electron chi connectivity index (χ2n) is 5.81. The lowest BCUT2D eigenvalue weighted by atomic mass is 9.64. The van der Waals surface area contributed by atoms with Gasteiger partial charge in [0.15, 0.2) is 0 Å². The van der Waals surface area contributed by atoms with Crippen LogP contribution in [-0.4, -0.2) is 12.5 Å². The van der Waals surface area contributed by atoms with Crippen LogP contribution in [0.5, 0.6) is 0 Å². The number of nitrogens with one attached hydrogen (secondary N) is 1. The van der Waals surface area contributed by atoms with E-state index in [-0.39, 0.29) is 11.3 Å². The molecule has 1 saturated carbocycles. The Morgan fingerprint density at radius 3 is 2.55 bits per heavy atom. The van der Waals surface area contributed by atoms with Crippen LogP contribution in [0.3, 0.4) is 0 Å². The summed E-state index contributed by atoms with van der Waals surface area (Å²) in [5.74, 6) is -0.650. The Bertz CT molecular complexity index is 683. The smallest absolute Gasteiger partial charge is 0.252 e. The number of hydrogen-bond acceptors (Lipinski definition) is 1. The van der Waals surface area contributed by atoms with Crippen LogP contribution in [-0.2, 0) is 5.41 Å². The van der Waals surface area contributed by atoms with Gasteiger partial charge >= 0.3 is 0 Å². The molecule has 1 N–H and O–H groups in total. The monoisotopic (exact) mass is 361 g/mol. The van der Waals surface area contributed by atoms with Crippen LogP contribution in [0, 0.1) is 5.82 Å². The maximum absolute atomic E-state index is 13.3. The quantitative estimate of drug-likeness (QED) is 0.856. The molecule has 1 aliphatic rings. The van der Waals surface area contributed by atoms with Crippen molar-refractivity contribution in [1.29, 1.82) is 0 Å². The minimum atomic E-state index is -0.408. The lowest BCUT2D eigenvalue weighted by Gasteiger charge is -2.42. The summed E-state index contributed by atoms with van der Waals surface area (Å²) in [6.07, 6.45) is 3.32. The lowest BCUT2D eigenvalue weighted by molar-refractivity contribution is 0.0926. The van der Waals surface area contributed by atoms with Gasteiger partial charge in [-0.3, -0.25) is 4.79 Å². The lowest BCUT2D eigenvalue weighted by Crippen LogP contribution is -2.45. The Hall–Kier alpha value is -1.68. The summed E-state index contributed by atoms with van der Waals surface area (Å²) in [5.41, 5.74) is 1.62. The number of amides is 1. The van der Waals surface area contributed by atoms with Crippen molar-refractivity contribution in [3.63, 3.8) is 0 Å². The van der Waals surface area contributed by atoms with E-state index in [2.05, 4.69) is 33.4 Å². The molecule has 2 aromatic carbocycles. The largest absolute Gasteiger partial charge is 0.351 e. The Morgan fingerprint density at radius 1 is 1.18 bits per heavy atom. The van der Waals surface area contributed by atoms with Gasteiger partial charge in [-0.05, 0) is 52.5 Å². The highest BCUT2D eigenvalue weighted by atomic mass is 79.9. The molecule has 3 rings (SSSR count). The number of halogens is 2. The number of carbonyl (C=O) groups is 1. The van der Waals surface area contributed by atoms with Gasteiger partial charge in [-0.15, -0.1) is 0 Å². The van der Waals surface area contributed by atoms with Crippen molar-refractivity contribution in [2.75, 3.05) is 6.54 Å². The van der Waals surface area contributed by atoms with Gasteiger partial charge < -0.3 is 5.32 Å². The highest BCUT2D eigenvalue weighted by Crippen LogP contribution is 2.43. The minimum absolute atomic E-state index is 0.0245. The first-order chi connectivity index (χ1) is 10.6. The Kier molecular flexibility index (Phi) is 4.30. The van der Waals surface area contributed by atoms with Crippen LogP contribution in [0.25, 0.3) is 0 Å². The zero-order valence-electron chi connectivity index (χ0n) is 12.1. The van der Waals surface area contributed by atoms with Gasteiger partial charge in [0.05, 0.1) is 5.56 Å². The topological polar surface area (TPSA) is 29.1 Å². The summed E-state index contributed by atoms with van der Waals surface area (Å²) < 4.78 is 13.9. The Balaban J connectivity index is 1.74. The molecule has 0 unspecified atom stereocenters. The zero-order chi connectivity index (χ0) is 15.6. The van der Waals surface area contributed by atoms with Crippen LogP contribution in [0.1, 0.15) is 35.2 Å². The summed E-state index contributed by atoms with van der Waals surface area (Å²) in [5, 5.41) is 2.97. The van der Waals surface area contributed by atoms with Crippen molar-refractivity contribution in [3.8, 4) is 0 Å². The normalized spacial score (nSPS) is 15.9. The molecule has 1 amide bonds. The molecule has 0 aliphatic heterocycles. The van der Waals surface area contributed by atoms with Gasteiger partial charge in [0.25, 0.3) is 5.91 Å². The van der Waals surface area contributed by atoms with Gasteiger partial charge in [-0.1, -0.05) is 36.8 Å². The molecule has 0 atom stereocenters. The van der Waals surface area contributed by atoms with Crippen molar-refractivity contribution >= 4 is 21.8 Å². The predicted molar refractivity (Wildman–Crippen MR) is 88.4 cm³/mol. The Morgan fingerprint density at radius 2 is 1.91 bits per heavy atom. The van der Waals surface area contributed by atoms with Crippen LogP contribution in [0.15, 0.2) is 53.0 Å². The van der Waals surface area contributed by atoms with Crippen LogP contribution in [0.4, 0.5) is 4.39 Å². The molecule has 0 heterocycles. The zero-order valence-corrected chi connectivity index (χ0v) is 13.7. The highest BCUT2D eigenvalue weighted by Gasteiger charge is 2.38. The molecule has 0 bridgehead atoms. The van der Waals surface area contributed by atoms with E-state index in [4.69, 9.17) is 0 Å². The van der Waals surface area contributed by atoms with E-state index >= 15 is 0 Å². The van der Waals surface area contributed by atoms with E-state index in [9.17, 15) is 9.18 Å². The van der Waals surface area contributed by atoms with Crippen LogP contribution >= 0.6 is 15.9 Å². The predicted octanol–water partition coefficient (Wildman–Crippen LogP) is 4.44. The summed E-state index contributed by atoms with van der Waals surface area (Å²) in [6, 6.07) is 14.4. The fourth-order valence-electron chi connectivity index (χ4n) is 2.98. The van der Waals surface area contributed by atoms with Crippen LogP contribution < -0.4 is 5.32 Å². The maximum Gasteiger partial charge on any atom is 0.252 e. The average molecular weight is 362 g/mol. The van der Waals surface area contributed by atoms with E-state index < -0.39 is 5.82 Å². The van der Waals surface area contributed by atoms with Crippen molar-refractivity contribution in [1.82, 2.24) is 5.32 Å². The van der Waals surface area contributed by atoms with E-state index in [1.165, 1.54) is 24.1 Å². The Labute approximate surface area is 137 Å². The maximum atomic E-state index is 13.3. The number of carbonyl (C=O) groups excluding carboxylic acids is 1. The molecule has 22 heavy (non-hydrogen) atoms. The summed E-state index contributed by atoms with van der Waals surface area (Å²) in [7, 11) is 0. The highest BCUT2D eigenvalue weighted by molar-refractivity contribution is 9.10. The first-order valence-electron chi connectivity index (χ1n) is 7.40. The molecule has 1 fully saturated rings. The minimum Gasteiger partial charge on any atom is -0.351 e. The van der Waals surface area contributed by atoms with Gasteiger partial charge in [0, 0.05) is 16.4 Å². The third-order valence-electron chi connectivity index (χ3n) is 4.46. The second kappa shape index (κ2) is 6.21. The van der Waals surface area contributed by atoms with Gasteiger partial charge in [-0.25, -0.2) is 4.39 Å². The van der Waals surface area contributed by atoms with E-state index in [0.29, 0.717) is 16.6 Å². The molecule has 1 aliphatic carbocycles. The van der Waals surface area contributed by atoms with E-state index in [1.807, 2.05) is 18.2 Å². The fraction of sp³-hybridized carbons (Fsp3) is 0.278. The fourth-order valence-corrected chi connectivity index (χ4v) is 3.41. The molecule has 114 valence electrons. The average Bonchev–Trinajstić information content (AvgIpc) is 2.49. The number of hydrogen-bond donors (Lipinski definition) is 1. The number of benzene rings is 2. The first kappa shape index (κ1) is 15.2. The number of rotatable bonds is 4. The van der Waals surface area contributed by atoms with Gasteiger partial charge in [0.1, 0.15) is 5.82 Å². The first-order valence-corrected chi connectivity index (χ1v) is 8.19. The summed E-state index contributed by atoms with van der Waals surface area (Å²) in [4.78, 5) is 12.3. The summed E-state index contributed by atoms with van der Waals surface area (Å²) >= 11 is 3.30. The van der Waals surface area contributed by atoms with Gasteiger partial charge in [0.2, 0.25) is 0 Å². The molecule has 0 spiro atoms. The molecule has 2 nitrogen and oxygen atoms in total. The molecular weight excluding hydrogens is 345 g/mol. The van der Waals surface area contributed by atoms with Crippen molar-refractivity contribution in [2.24, 2.45) is 0 Å². The second-order valence-corrected chi connectivity index (χ2v) is 6.66. The third-order valence-corrected chi connectivity index (χ3v) is 5.15. The molecule has 0 radical (unpaired) electrons.